The van der Waals surface area contributed by atoms with Gasteiger partial charge in [-0.05, 0) is 11.6 Å². The molecule has 0 radical (unpaired) electrons. The van der Waals surface area contributed by atoms with Gasteiger partial charge in [0.1, 0.15) is 0 Å². The number of carboxylic acids is 1. The molecule has 1 aromatic carbocycles. The fourth-order valence-electron chi connectivity index (χ4n) is 1.65. The predicted octanol–water partition coefficient (Wildman–Crippen LogP) is 2.34. The summed E-state index contributed by atoms with van der Waals surface area (Å²) in [6, 6.07) is 8.30. The summed E-state index contributed by atoms with van der Waals surface area (Å²) < 4.78 is 0. The molecule has 0 saturated carbocycles. The molecule has 1 atom stereocenters. The van der Waals surface area contributed by atoms with Gasteiger partial charge in [-0.3, -0.25) is 4.79 Å². The molecule has 1 heterocycles. The Morgan fingerprint density at radius 1 is 1.14 bits per heavy atom. The van der Waals surface area contributed by atoms with E-state index >= 15 is 0 Å². The quantitative estimate of drug-likeness (QED) is 0.900. The maximum atomic E-state index is 12.1. The number of carboxylic acid groups (broad SMARTS) is 1. The maximum absolute atomic E-state index is 12.1. The summed E-state index contributed by atoms with van der Waals surface area (Å²) >= 11 is 11.4. The number of aromatic nitrogens is 2. The first-order valence-corrected chi connectivity index (χ1v) is 6.52. The van der Waals surface area contributed by atoms with Crippen molar-refractivity contribution in [1.82, 2.24) is 15.5 Å². The highest BCUT2D eigenvalue weighted by molar-refractivity contribution is 6.34. The van der Waals surface area contributed by atoms with Gasteiger partial charge in [0.15, 0.2) is 16.3 Å². The zero-order valence-electron chi connectivity index (χ0n) is 10.5. The first-order chi connectivity index (χ1) is 9.99. The second kappa shape index (κ2) is 6.51. The van der Waals surface area contributed by atoms with Crippen LogP contribution in [0.15, 0.2) is 36.4 Å². The lowest BCUT2D eigenvalue weighted by Gasteiger charge is -2.15. The highest BCUT2D eigenvalue weighted by Gasteiger charge is 2.24. The molecule has 6 nitrogen and oxygen atoms in total. The van der Waals surface area contributed by atoms with Gasteiger partial charge in [-0.2, -0.15) is 0 Å². The van der Waals surface area contributed by atoms with Gasteiger partial charge < -0.3 is 10.4 Å². The molecule has 108 valence electrons. The molecule has 1 amide bonds. The molecule has 2 rings (SSSR count). The Morgan fingerprint density at radius 3 is 2.43 bits per heavy atom. The lowest BCUT2D eigenvalue weighted by molar-refractivity contribution is -0.139. The summed E-state index contributed by atoms with van der Waals surface area (Å²) in [5.74, 6) is -1.90. The van der Waals surface area contributed by atoms with Crippen molar-refractivity contribution in [2.75, 3.05) is 0 Å². The third-order valence-corrected chi connectivity index (χ3v) is 3.08. The van der Waals surface area contributed by atoms with E-state index in [-0.39, 0.29) is 15.9 Å². The van der Waals surface area contributed by atoms with E-state index < -0.39 is 17.9 Å². The number of benzene rings is 1. The van der Waals surface area contributed by atoms with Crippen LogP contribution in [0.5, 0.6) is 0 Å². The van der Waals surface area contributed by atoms with Crippen molar-refractivity contribution in [1.29, 1.82) is 0 Å². The standard InChI is InChI=1S/C13H9Cl2N3O3/c14-9-6-8(11(15)18-17-9)12(19)16-10(13(20)21)7-4-2-1-3-5-7/h1-6,10H,(H,16,19)(H,20,21). The summed E-state index contributed by atoms with van der Waals surface area (Å²) in [5, 5.41) is 18.4. The van der Waals surface area contributed by atoms with E-state index in [0.29, 0.717) is 5.56 Å². The van der Waals surface area contributed by atoms with Crippen molar-refractivity contribution in [3.05, 3.63) is 57.8 Å². The van der Waals surface area contributed by atoms with Crippen molar-refractivity contribution in [3.63, 3.8) is 0 Å². The number of amides is 1. The van der Waals surface area contributed by atoms with Crippen molar-refractivity contribution < 1.29 is 14.7 Å². The van der Waals surface area contributed by atoms with Gasteiger partial charge in [-0.15, -0.1) is 10.2 Å². The van der Waals surface area contributed by atoms with Crippen molar-refractivity contribution in [2.45, 2.75) is 6.04 Å². The summed E-state index contributed by atoms with van der Waals surface area (Å²) in [6.45, 7) is 0. The Balaban J connectivity index is 2.27. The molecule has 0 aliphatic heterocycles. The topological polar surface area (TPSA) is 92.2 Å². The summed E-state index contributed by atoms with van der Waals surface area (Å²) in [5.41, 5.74) is 0.390. The Labute approximate surface area is 129 Å². The molecule has 0 bridgehead atoms. The SMILES string of the molecule is O=C(NC(C(=O)O)c1ccccc1)c1cc(Cl)nnc1Cl. The Morgan fingerprint density at radius 2 is 1.81 bits per heavy atom. The molecule has 21 heavy (non-hydrogen) atoms. The number of hydrogen-bond acceptors (Lipinski definition) is 4. The van der Waals surface area contributed by atoms with Crippen LogP contribution in [0, 0.1) is 0 Å². The number of nitrogens with one attached hydrogen (secondary N) is 1. The fraction of sp³-hybridized carbons (Fsp3) is 0.0769. The normalized spacial score (nSPS) is 11.7. The van der Waals surface area contributed by atoms with Gasteiger partial charge >= 0.3 is 5.97 Å². The van der Waals surface area contributed by atoms with Crippen LogP contribution in [0.4, 0.5) is 0 Å². The van der Waals surface area contributed by atoms with Crippen LogP contribution in [0.25, 0.3) is 0 Å². The largest absolute Gasteiger partial charge is 0.479 e. The Bertz CT molecular complexity index is 680. The van der Waals surface area contributed by atoms with E-state index in [9.17, 15) is 14.7 Å². The highest BCUT2D eigenvalue weighted by atomic mass is 35.5. The average Bonchev–Trinajstić information content (AvgIpc) is 2.47. The van der Waals surface area contributed by atoms with E-state index in [0.717, 1.165) is 0 Å². The minimum atomic E-state index is -1.21. The number of nitrogens with zero attached hydrogens (tertiary/aromatic N) is 2. The van der Waals surface area contributed by atoms with E-state index in [1.807, 2.05) is 0 Å². The molecule has 1 aromatic heterocycles. The Hall–Kier alpha value is -2.18. The lowest BCUT2D eigenvalue weighted by Crippen LogP contribution is -2.34. The van der Waals surface area contributed by atoms with Crippen molar-refractivity contribution in [2.24, 2.45) is 0 Å². The highest BCUT2D eigenvalue weighted by Crippen LogP contribution is 2.18. The third kappa shape index (κ3) is 3.68. The molecule has 2 N–H and O–H groups in total. The maximum Gasteiger partial charge on any atom is 0.330 e. The minimum Gasteiger partial charge on any atom is -0.479 e. The van der Waals surface area contributed by atoms with Crippen LogP contribution in [-0.4, -0.2) is 27.2 Å². The molecule has 2 aromatic rings. The van der Waals surface area contributed by atoms with Gasteiger partial charge in [0.25, 0.3) is 5.91 Å². The molecule has 0 aliphatic rings. The summed E-state index contributed by atoms with van der Waals surface area (Å²) in [6.07, 6.45) is 0. The monoisotopic (exact) mass is 325 g/mol. The van der Waals surface area contributed by atoms with Crippen LogP contribution in [0.1, 0.15) is 22.0 Å². The molecular weight excluding hydrogens is 317 g/mol. The number of carbonyl (C=O) groups excluding carboxylic acids is 1. The van der Waals surface area contributed by atoms with Gasteiger partial charge in [-0.25, -0.2) is 4.79 Å². The summed E-state index contributed by atoms with van der Waals surface area (Å²) in [7, 11) is 0. The molecule has 1 unspecified atom stereocenters. The zero-order chi connectivity index (χ0) is 15.4. The predicted molar refractivity (Wildman–Crippen MR) is 76.3 cm³/mol. The number of hydrogen-bond donors (Lipinski definition) is 2. The second-order valence-corrected chi connectivity index (χ2v) is 4.77. The van der Waals surface area contributed by atoms with Gasteiger partial charge in [0.2, 0.25) is 0 Å². The fourth-order valence-corrected chi connectivity index (χ4v) is 1.98. The third-order valence-electron chi connectivity index (χ3n) is 2.62. The second-order valence-electron chi connectivity index (χ2n) is 4.03. The van der Waals surface area contributed by atoms with Crippen LogP contribution in [0.2, 0.25) is 10.3 Å². The van der Waals surface area contributed by atoms with Gasteiger partial charge in [-0.1, -0.05) is 53.5 Å². The Kier molecular flexibility index (Phi) is 4.72. The molecule has 0 aliphatic carbocycles. The van der Waals surface area contributed by atoms with Crippen LogP contribution < -0.4 is 5.32 Å². The molecule has 0 fully saturated rings. The number of carbonyl (C=O) groups is 2. The summed E-state index contributed by atoms with van der Waals surface area (Å²) in [4.78, 5) is 23.4. The van der Waals surface area contributed by atoms with E-state index in [4.69, 9.17) is 23.2 Å². The van der Waals surface area contributed by atoms with E-state index in [1.54, 1.807) is 30.3 Å². The first kappa shape index (κ1) is 15.2. The van der Waals surface area contributed by atoms with E-state index in [1.165, 1.54) is 6.07 Å². The zero-order valence-corrected chi connectivity index (χ0v) is 12.0. The molecule has 8 heteroatoms. The van der Waals surface area contributed by atoms with Crippen molar-refractivity contribution in [3.8, 4) is 0 Å². The van der Waals surface area contributed by atoms with Gasteiger partial charge in [0, 0.05) is 0 Å². The van der Waals surface area contributed by atoms with Crippen molar-refractivity contribution >= 4 is 35.1 Å². The number of halogens is 2. The number of rotatable bonds is 4. The lowest BCUT2D eigenvalue weighted by atomic mass is 10.1. The average molecular weight is 326 g/mol. The van der Waals surface area contributed by atoms with Gasteiger partial charge in [0.05, 0.1) is 5.56 Å². The van der Waals surface area contributed by atoms with Crippen LogP contribution in [0.3, 0.4) is 0 Å². The van der Waals surface area contributed by atoms with Crippen LogP contribution >= 0.6 is 23.2 Å². The molecule has 0 spiro atoms. The number of aliphatic carboxylic acids is 1. The minimum absolute atomic E-state index is 0.0175. The molecule has 0 saturated heterocycles. The van der Waals surface area contributed by atoms with Crippen LogP contribution in [-0.2, 0) is 4.79 Å². The first-order valence-electron chi connectivity index (χ1n) is 5.76. The van der Waals surface area contributed by atoms with E-state index in [2.05, 4.69) is 15.5 Å². The molecular formula is C13H9Cl2N3O3. The smallest absolute Gasteiger partial charge is 0.330 e.